The average Bonchev–Trinajstić information content (AvgIpc) is 2.62. The number of fused-ring (bicyclic) bond motifs is 1. The lowest BCUT2D eigenvalue weighted by molar-refractivity contribution is -0.128. The Morgan fingerprint density at radius 2 is 1.96 bits per heavy atom. The van der Waals surface area contributed by atoms with Gasteiger partial charge in [-0.15, -0.1) is 0 Å². The molecule has 2 aromatic carbocycles. The van der Waals surface area contributed by atoms with Gasteiger partial charge < -0.3 is 10.6 Å². The van der Waals surface area contributed by atoms with E-state index in [0.717, 1.165) is 22.8 Å². The van der Waals surface area contributed by atoms with Crippen LogP contribution in [0.4, 0.5) is 0 Å². The molecule has 0 spiro atoms. The van der Waals surface area contributed by atoms with Crippen molar-refractivity contribution >= 4 is 22.6 Å². The predicted octanol–water partition coefficient (Wildman–Crippen LogP) is 3.08. The highest BCUT2D eigenvalue weighted by Gasteiger charge is 2.19. The molecule has 4 nitrogen and oxygen atoms in total. The number of benzene rings is 2. The molecule has 0 saturated carbocycles. The summed E-state index contributed by atoms with van der Waals surface area (Å²) >= 11 is 0. The first-order valence-electron chi connectivity index (χ1n) is 8.84. The Bertz CT molecular complexity index is 877. The molecule has 0 unspecified atom stereocenters. The molecule has 0 fully saturated rings. The van der Waals surface area contributed by atoms with E-state index in [0.29, 0.717) is 0 Å². The van der Waals surface area contributed by atoms with Crippen molar-refractivity contribution < 1.29 is 9.59 Å². The van der Waals surface area contributed by atoms with E-state index in [2.05, 4.69) is 16.7 Å². The Balaban J connectivity index is 1.58. The lowest BCUT2D eigenvalue weighted by Gasteiger charge is -2.21. The summed E-state index contributed by atoms with van der Waals surface area (Å²) in [5, 5.41) is 7.90. The zero-order valence-electron chi connectivity index (χ0n) is 15.1. The van der Waals surface area contributed by atoms with Gasteiger partial charge in [0.2, 0.25) is 11.8 Å². The van der Waals surface area contributed by atoms with Crippen molar-refractivity contribution in [2.24, 2.45) is 0 Å². The fraction of sp³-hybridized carbons (Fsp3) is 0.273. The van der Waals surface area contributed by atoms with E-state index in [1.54, 1.807) is 6.92 Å². The summed E-state index contributed by atoms with van der Waals surface area (Å²) in [7, 11) is 0. The number of amides is 2. The van der Waals surface area contributed by atoms with Gasteiger partial charge in [0.15, 0.2) is 0 Å². The van der Waals surface area contributed by atoms with Crippen LogP contribution in [-0.2, 0) is 16.0 Å². The Labute approximate surface area is 154 Å². The van der Waals surface area contributed by atoms with Crippen molar-refractivity contribution in [3.8, 4) is 0 Å². The number of hydrogen-bond donors (Lipinski definition) is 2. The standard InChI is InChI=1S/C22H23N2O2/c1-15-7-5-11-19(13-15)24-22(26)16(2)23-21(25)14-18-10-6-9-17-8-3-4-12-20(17)18/h3-4,6-12,16,19H,13-14H2,1-2H3,(H,23,25)(H,24,26)/t16-,19+/m0/s1. The molecular weight excluding hydrogens is 324 g/mol. The Hall–Kier alpha value is -2.88. The first kappa shape index (κ1) is 17.9. The van der Waals surface area contributed by atoms with Gasteiger partial charge in [0, 0.05) is 0 Å². The molecule has 1 aliphatic carbocycles. The van der Waals surface area contributed by atoms with Crippen LogP contribution in [0.5, 0.6) is 0 Å². The SMILES string of the molecule is CC1=C[C]=C[C@@H](NC(=O)[C@H](C)NC(=O)Cc2cccc3ccccc23)C1. The van der Waals surface area contributed by atoms with Gasteiger partial charge in [0.25, 0.3) is 0 Å². The maximum Gasteiger partial charge on any atom is 0.242 e. The zero-order chi connectivity index (χ0) is 18.5. The van der Waals surface area contributed by atoms with Gasteiger partial charge in [0.05, 0.1) is 12.5 Å². The van der Waals surface area contributed by atoms with Crippen molar-refractivity contribution in [2.45, 2.75) is 38.8 Å². The smallest absolute Gasteiger partial charge is 0.242 e. The monoisotopic (exact) mass is 347 g/mol. The second-order valence-electron chi connectivity index (χ2n) is 6.75. The van der Waals surface area contributed by atoms with Crippen LogP contribution in [0.15, 0.2) is 60.2 Å². The molecule has 4 heteroatoms. The second-order valence-corrected chi connectivity index (χ2v) is 6.75. The normalized spacial score (nSPS) is 17.5. The van der Waals surface area contributed by atoms with Crippen LogP contribution < -0.4 is 10.6 Å². The van der Waals surface area contributed by atoms with Crippen molar-refractivity contribution in [2.75, 3.05) is 0 Å². The maximum absolute atomic E-state index is 12.4. The first-order chi connectivity index (χ1) is 12.5. The van der Waals surface area contributed by atoms with Gasteiger partial charge in [-0.25, -0.2) is 0 Å². The van der Waals surface area contributed by atoms with Crippen LogP contribution in [0.25, 0.3) is 10.8 Å². The Morgan fingerprint density at radius 3 is 2.77 bits per heavy atom. The zero-order valence-corrected chi connectivity index (χ0v) is 15.1. The van der Waals surface area contributed by atoms with Crippen LogP contribution in [0, 0.1) is 6.08 Å². The molecule has 1 radical (unpaired) electrons. The number of rotatable bonds is 5. The van der Waals surface area contributed by atoms with Gasteiger partial charge in [-0.1, -0.05) is 60.2 Å². The van der Waals surface area contributed by atoms with E-state index in [4.69, 9.17) is 0 Å². The third-order valence-corrected chi connectivity index (χ3v) is 4.50. The fourth-order valence-corrected chi connectivity index (χ4v) is 3.15. The van der Waals surface area contributed by atoms with Gasteiger partial charge in [-0.2, -0.15) is 0 Å². The molecule has 0 aromatic heterocycles. The Morgan fingerprint density at radius 1 is 1.19 bits per heavy atom. The van der Waals surface area contributed by atoms with Crippen LogP contribution in [0.1, 0.15) is 25.8 Å². The summed E-state index contributed by atoms with van der Waals surface area (Å²) in [5.74, 6) is -0.347. The molecule has 3 rings (SSSR count). The summed E-state index contributed by atoms with van der Waals surface area (Å²) < 4.78 is 0. The fourth-order valence-electron chi connectivity index (χ4n) is 3.15. The average molecular weight is 347 g/mol. The number of hydrogen-bond acceptors (Lipinski definition) is 2. The van der Waals surface area contributed by atoms with Crippen molar-refractivity contribution in [3.63, 3.8) is 0 Å². The molecule has 133 valence electrons. The lowest BCUT2D eigenvalue weighted by atomic mass is 10.0. The summed E-state index contributed by atoms with van der Waals surface area (Å²) in [6.07, 6.45) is 7.81. The molecule has 2 amide bonds. The summed E-state index contributed by atoms with van der Waals surface area (Å²) in [6, 6.07) is 13.2. The number of carbonyl (C=O) groups excluding carboxylic acids is 2. The molecule has 2 atom stereocenters. The van der Waals surface area contributed by atoms with Crippen molar-refractivity contribution in [3.05, 3.63) is 71.8 Å². The largest absolute Gasteiger partial charge is 0.348 e. The minimum atomic E-state index is -0.586. The summed E-state index contributed by atoms with van der Waals surface area (Å²) in [5.41, 5.74) is 2.13. The summed E-state index contributed by atoms with van der Waals surface area (Å²) in [6.45, 7) is 3.71. The molecule has 1 aliphatic rings. The van der Waals surface area contributed by atoms with Gasteiger partial charge >= 0.3 is 0 Å². The van der Waals surface area contributed by atoms with Gasteiger partial charge in [-0.3, -0.25) is 9.59 Å². The quantitative estimate of drug-likeness (QED) is 0.873. The molecule has 2 N–H and O–H groups in total. The predicted molar refractivity (Wildman–Crippen MR) is 103 cm³/mol. The topological polar surface area (TPSA) is 58.2 Å². The molecule has 0 bridgehead atoms. The minimum Gasteiger partial charge on any atom is -0.348 e. The number of nitrogens with one attached hydrogen (secondary N) is 2. The molecule has 0 heterocycles. The molecular formula is C22H23N2O2. The minimum absolute atomic E-state index is 0.0649. The van der Waals surface area contributed by atoms with E-state index >= 15 is 0 Å². The molecule has 0 aliphatic heterocycles. The second kappa shape index (κ2) is 8.00. The van der Waals surface area contributed by atoms with Crippen LogP contribution in [-0.4, -0.2) is 23.9 Å². The highest BCUT2D eigenvalue weighted by atomic mass is 16.2. The van der Waals surface area contributed by atoms with Gasteiger partial charge in [0.1, 0.15) is 6.04 Å². The van der Waals surface area contributed by atoms with Crippen molar-refractivity contribution in [1.82, 2.24) is 10.6 Å². The van der Waals surface area contributed by atoms with E-state index < -0.39 is 6.04 Å². The molecule has 2 aromatic rings. The van der Waals surface area contributed by atoms with E-state index in [9.17, 15) is 9.59 Å². The maximum atomic E-state index is 12.4. The summed E-state index contributed by atoms with van der Waals surface area (Å²) in [4.78, 5) is 24.7. The molecule has 26 heavy (non-hydrogen) atoms. The molecule has 0 saturated heterocycles. The highest BCUT2D eigenvalue weighted by Crippen LogP contribution is 2.19. The lowest BCUT2D eigenvalue weighted by Crippen LogP contribution is -2.48. The van der Waals surface area contributed by atoms with Gasteiger partial charge in [-0.05, 0) is 42.7 Å². The third kappa shape index (κ3) is 4.39. The van der Waals surface area contributed by atoms with Crippen LogP contribution in [0.2, 0.25) is 0 Å². The Kier molecular flexibility index (Phi) is 5.52. The van der Waals surface area contributed by atoms with Crippen LogP contribution in [0.3, 0.4) is 0 Å². The van der Waals surface area contributed by atoms with Crippen LogP contribution >= 0.6 is 0 Å². The van der Waals surface area contributed by atoms with E-state index in [-0.39, 0.29) is 24.3 Å². The van der Waals surface area contributed by atoms with Crippen molar-refractivity contribution in [1.29, 1.82) is 0 Å². The number of carbonyl (C=O) groups is 2. The first-order valence-corrected chi connectivity index (χ1v) is 8.84. The number of allylic oxidation sites excluding steroid dienone is 2. The van der Waals surface area contributed by atoms with E-state index in [1.807, 2.05) is 61.5 Å². The van der Waals surface area contributed by atoms with E-state index in [1.165, 1.54) is 5.57 Å². The highest BCUT2D eigenvalue weighted by molar-refractivity contribution is 5.92. The third-order valence-electron chi connectivity index (χ3n) is 4.50.